The third-order valence-electron chi connectivity index (χ3n) is 3.93. The third kappa shape index (κ3) is 4.48. The Balaban J connectivity index is 1.91. The standard InChI is InChI=1S/C17H13Cl2FN4O4S2/c1-9(12-4-10(18)2-3-14(12)20)23-16-13(19)5-11(6-21-16)30(27,28)24(17(25)26)15-7-29-8-22-15/h2-9H,1H3,(H,21,23)(H,25,26)/t9-/m0/s1. The van der Waals surface area contributed by atoms with Crippen LogP contribution in [0.2, 0.25) is 10.0 Å². The molecule has 2 aromatic heterocycles. The van der Waals surface area contributed by atoms with Gasteiger partial charge in [0.25, 0.3) is 10.0 Å². The van der Waals surface area contributed by atoms with E-state index in [4.69, 9.17) is 23.2 Å². The van der Waals surface area contributed by atoms with Crippen molar-refractivity contribution >= 4 is 62.3 Å². The molecule has 0 aliphatic carbocycles. The van der Waals surface area contributed by atoms with Gasteiger partial charge in [0, 0.05) is 22.2 Å². The maximum absolute atomic E-state index is 14.0. The molecule has 0 spiro atoms. The number of carboxylic acid groups (broad SMARTS) is 1. The molecule has 1 atom stereocenters. The molecule has 0 radical (unpaired) electrons. The van der Waals surface area contributed by atoms with Crippen molar-refractivity contribution in [3.63, 3.8) is 0 Å². The molecule has 3 aromatic rings. The quantitative estimate of drug-likeness (QED) is 0.497. The van der Waals surface area contributed by atoms with E-state index >= 15 is 0 Å². The summed E-state index contributed by atoms with van der Waals surface area (Å²) in [6, 6.07) is 4.53. The van der Waals surface area contributed by atoms with Crippen molar-refractivity contribution in [1.82, 2.24) is 9.97 Å². The van der Waals surface area contributed by atoms with Gasteiger partial charge < -0.3 is 10.4 Å². The average molecular weight is 491 g/mol. The first-order valence-corrected chi connectivity index (χ1v) is 11.3. The molecule has 0 fully saturated rings. The normalized spacial score (nSPS) is 12.4. The largest absolute Gasteiger partial charge is 0.464 e. The molecule has 0 aliphatic heterocycles. The lowest BCUT2D eigenvalue weighted by molar-refractivity contribution is 0.206. The van der Waals surface area contributed by atoms with Gasteiger partial charge in [0.1, 0.15) is 16.5 Å². The molecule has 0 saturated carbocycles. The van der Waals surface area contributed by atoms with Crippen molar-refractivity contribution in [2.24, 2.45) is 0 Å². The first-order chi connectivity index (χ1) is 14.1. The molecule has 1 aromatic carbocycles. The molecule has 1 amide bonds. The van der Waals surface area contributed by atoms with Crippen LogP contribution in [0.4, 0.5) is 20.8 Å². The Morgan fingerprint density at radius 3 is 2.63 bits per heavy atom. The van der Waals surface area contributed by atoms with E-state index in [1.807, 2.05) is 0 Å². The fourth-order valence-corrected chi connectivity index (χ4v) is 4.80. The van der Waals surface area contributed by atoms with E-state index in [1.54, 1.807) is 6.92 Å². The monoisotopic (exact) mass is 490 g/mol. The van der Waals surface area contributed by atoms with Crippen LogP contribution in [0.15, 0.2) is 46.2 Å². The predicted molar refractivity (Wildman–Crippen MR) is 112 cm³/mol. The van der Waals surface area contributed by atoms with E-state index in [2.05, 4.69) is 15.3 Å². The Morgan fingerprint density at radius 2 is 2.03 bits per heavy atom. The van der Waals surface area contributed by atoms with Crippen LogP contribution in [0.3, 0.4) is 0 Å². The number of nitrogens with one attached hydrogen (secondary N) is 1. The second-order valence-corrected chi connectivity index (χ2v) is 9.28. The number of sulfonamides is 1. The van der Waals surface area contributed by atoms with Crippen molar-refractivity contribution in [3.05, 3.63) is 62.8 Å². The number of halogens is 3. The van der Waals surface area contributed by atoms with Crippen LogP contribution in [0.1, 0.15) is 18.5 Å². The Labute approximate surface area is 185 Å². The predicted octanol–water partition coefficient (Wildman–Crippen LogP) is 5.03. The summed E-state index contributed by atoms with van der Waals surface area (Å²) < 4.78 is 39.8. The van der Waals surface area contributed by atoms with E-state index in [0.717, 1.165) is 23.6 Å². The Morgan fingerprint density at radius 1 is 1.30 bits per heavy atom. The van der Waals surface area contributed by atoms with Gasteiger partial charge in [-0.1, -0.05) is 23.2 Å². The third-order valence-corrected chi connectivity index (χ3v) is 6.67. The highest BCUT2D eigenvalue weighted by Gasteiger charge is 2.33. The van der Waals surface area contributed by atoms with Crippen molar-refractivity contribution in [1.29, 1.82) is 0 Å². The Kier molecular flexibility index (Phi) is 6.46. The zero-order valence-electron chi connectivity index (χ0n) is 15.1. The van der Waals surface area contributed by atoms with Gasteiger partial charge >= 0.3 is 6.09 Å². The van der Waals surface area contributed by atoms with Crippen molar-refractivity contribution in [2.45, 2.75) is 17.9 Å². The smallest absolute Gasteiger partial charge is 0.427 e. The molecule has 3 rings (SSSR count). The van der Waals surface area contributed by atoms with Crippen LogP contribution in [0.5, 0.6) is 0 Å². The van der Waals surface area contributed by atoms with Gasteiger partial charge in [-0.25, -0.2) is 27.6 Å². The topological polar surface area (TPSA) is 112 Å². The number of thiazole rings is 1. The summed E-state index contributed by atoms with van der Waals surface area (Å²) in [4.78, 5) is 18.8. The van der Waals surface area contributed by atoms with Crippen LogP contribution < -0.4 is 9.62 Å². The number of benzene rings is 1. The molecule has 0 aliphatic rings. The minimum Gasteiger partial charge on any atom is -0.464 e. The van der Waals surface area contributed by atoms with Crippen molar-refractivity contribution in [3.8, 4) is 0 Å². The summed E-state index contributed by atoms with van der Waals surface area (Å²) in [5.74, 6) is -0.677. The number of amides is 1. The van der Waals surface area contributed by atoms with Crippen LogP contribution in [-0.2, 0) is 10.0 Å². The van der Waals surface area contributed by atoms with Crippen LogP contribution in [-0.4, -0.2) is 29.6 Å². The fourth-order valence-electron chi connectivity index (χ4n) is 2.53. The van der Waals surface area contributed by atoms with Gasteiger partial charge in [-0.2, -0.15) is 0 Å². The minimum atomic E-state index is -4.53. The molecule has 0 bridgehead atoms. The van der Waals surface area contributed by atoms with E-state index < -0.39 is 32.9 Å². The zero-order chi connectivity index (χ0) is 22.1. The number of hydrogen-bond donors (Lipinski definition) is 2. The highest BCUT2D eigenvalue weighted by Crippen LogP contribution is 2.30. The van der Waals surface area contributed by atoms with Crippen LogP contribution in [0.25, 0.3) is 0 Å². The maximum atomic E-state index is 14.0. The van der Waals surface area contributed by atoms with Gasteiger partial charge in [0.2, 0.25) is 0 Å². The summed E-state index contributed by atoms with van der Waals surface area (Å²) in [5.41, 5.74) is 1.56. The fraction of sp³-hybridized carbons (Fsp3) is 0.118. The number of aromatic nitrogens is 2. The molecule has 2 N–H and O–H groups in total. The lowest BCUT2D eigenvalue weighted by Gasteiger charge is -2.19. The van der Waals surface area contributed by atoms with Gasteiger partial charge in [0.05, 0.1) is 16.6 Å². The SMILES string of the molecule is C[C@H](Nc1ncc(S(=O)(=O)N(C(=O)O)c2cscn2)cc1Cl)c1cc(Cl)ccc1F. The second-order valence-electron chi connectivity index (χ2n) is 5.93. The molecule has 2 heterocycles. The van der Waals surface area contributed by atoms with Gasteiger partial charge in [0.15, 0.2) is 5.82 Å². The summed E-state index contributed by atoms with van der Waals surface area (Å²) in [6.45, 7) is 1.64. The van der Waals surface area contributed by atoms with Gasteiger partial charge in [-0.05, 0) is 31.2 Å². The molecule has 30 heavy (non-hydrogen) atoms. The van der Waals surface area contributed by atoms with Crippen LogP contribution in [0, 0.1) is 5.82 Å². The molecular weight excluding hydrogens is 478 g/mol. The Bertz CT molecular complexity index is 1190. The summed E-state index contributed by atoms with van der Waals surface area (Å²) in [7, 11) is -4.53. The molecule has 13 heteroatoms. The number of pyridine rings is 1. The number of nitrogens with zero attached hydrogens (tertiary/aromatic N) is 3. The van der Waals surface area contributed by atoms with E-state index in [0.29, 0.717) is 5.02 Å². The van der Waals surface area contributed by atoms with E-state index in [1.165, 1.54) is 29.1 Å². The molecule has 8 nitrogen and oxygen atoms in total. The lowest BCUT2D eigenvalue weighted by atomic mass is 10.1. The second kappa shape index (κ2) is 8.72. The highest BCUT2D eigenvalue weighted by atomic mass is 35.5. The molecule has 0 unspecified atom stereocenters. The first-order valence-electron chi connectivity index (χ1n) is 8.14. The average Bonchev–Trinajstić information content (AvgIpc) is 3.18. The number of anilines is 2. The van der Waals surface area contributed by atoms with Crippen molar-refractivity contribution in [2.75, 3.05) is 9.62 Å². The highest BCUT2D eigenvalue weighted by molar-refractivity contribution is 7.93. The van der Waals surface area contributed by atoms with E-state index in [-0.39, 0.29) is 26.5 Å². The summed E-state index contributed by atoms with van der Waals surface area (Å²) in [6.07, 6.45) is -0.781. The summed E-state index contributed by atoms with van der Waals surface area (Å²) >= 11 is 13.1. The lowest BCUT2D eigenvalue weighted by Crippen LogP contribution is -2.36. The van der Waals surface area contributed by atoms with Crippen LogP contribution >= 0.6 is 34.5 Å². The Hall–Kier alpha value is -2.47. The number of carbonyl (C=O) groups is 1. The van der Waals surface area contributed by atoms with Gasteiger partial charge in [-0.3, -0.25) is 0 Å². The maximum Gasteiger partial charge on any atom is 0.427 e. The number of rotatable bonds is 6. The minimum absolute atomic E-state index is 0.0815. The molecule has 0 saturated heterocycles. The van der Waals surface area contributed by atoms with Gasteiger partial charge in [-0.15, -0.1) is 15.6 Å². The number of hydrogen-bond acceptors (Lipinski definition) is 7. The van der Waals surface area contributed by atoms with E-state index in [9.17, 15) is 22.7 Å². The van der Waals surface area contributed by atoms with Crippen molar-refractivity contribution < 1.29 is 22.7 Å². The first kappa shape index (κ1) is 22.2. The molecule has 158 valence electrons. The zero-order valence-corrected chi connectivity index (χ0v) is 18.2. The summed E-state index contributed by atoms with van der Waals surface area (Å²) in [5, 5.41) is 13.8. The molecular formula is C17H13Cl2FN4O4S2.